The van der Waals surface area contributed by atoms with Crippen LogP contribution in [-0.4, -0.2) is 23.2 Å². The lowest BCUT2D eigenvalue weighted by atomic mass is 10.1. The molecule has 0 atom stereocenters. The fourth-order valence-electron chi connectivity index (χ4n) is 3.27. The Hall–Kier alpha value is -3.28. The molecule has 0 saturated heterocycles. The van der Waals surface area contributed by atoms with Crippen LogP contribution < -0.4 is 20.1 Å². The van der Waals surface area contributed by atoms with Crippen LogP contribution in [0.2, 0.25) is 0 Å². The molecule has 0 saturated carbocycles. The number of ether oxygens (including phenoxy) is 2. The molecular formula is C22H24N4O2. The fourth-order valence-corrected chi connectivity index (χ4v) is 3.27. The molecule has 0 radical (unpaired) electrons. The van der Waals surface area contributed by atoms with Crippen LogP contribution in [0.25, 0.3) is 0 Å². The Labute approximate surface area is 164 Å². The predicted molar refractivity (Wildman–Crippen MR) is 111 cm³/mol. The zero-order chi connectivity index (χ0) is 19.5. The van der Waals surface area contributed by atoms with E-state index in [-0.39, 0.29) is 0 Å². The molecule has 28 heavy (non-hydrogen) atoms. The van der Waals surface area contributed by atoms with E-state index < -0.39 is 0 Å². The van der Waals surface area contributed by atoms with Crippen LogP contribution in [0.5, 0.6) is 11.5 Å². The summed E-state index contributed by atoms with van der Waals surface area (Å²) in [5.74, 6) is 2.81. The third-order valence-corrected chi connectivity index (χ3v) is 4.65. The van der Waals surface area contributed by atoms with Crippen molar-refractivity contribution in [2.45, 2.75) is 27.2 Å². The van der Waals surface area contributed by atoms with E-state index in [9.17, 15) is 0 Å². The minimum Gasteiger partial charge on any atom is -0.486 e. The van der Waals surface area contributed by atoms with E-state index >= 15 is 0 Å². The minimum atomic E-state index is 0.563. The van der Waals surface area contributed by atoms with Crippen molar-refractivity contribution in [2.24, 2.45) is 0 Å². The average molecular weight is 376 g/mol. The highest BCUT2D eigenvalue weighted by molar-refractivity contribution is 5.66. The summed E-state index contributed by atoms with van der Waals surface area (Å²) in [6.45, 7) is 7.34. The first-order valence-corrected chi connectivity index (χ1v) is 9.50. The van der Waals surface area contributed by atoms with Crippen LogP contribution >= 0.6 is 0 Å². The Balaban J connectivity index is 1.60. The van der Waals surface area contributed by atoms with E-state index in [0.29, 0.717) is 19.2 Å². The highest BCUT2D eigenvalue weighted by Gasteiger charge is 2.13. The van der Waals surface area contributed by atoms with Crippen molar-refractivity contribution in [3.05, 3.63) is 59.3 Å². The number of para-hydroxylation sites is 1. The molecule has 1 aromatic heterocycles. The minimum absolute atomic E-state index is 0.563. The monoisotopic (exact) mass is 376 g/mol. The number of anilines is 4. The molecule has 2 N–H and O–H groups in total. The topological polar surface area (TPSA) is 68.3 Å². The quantitative estimate of drug-likeness (QED) is 0.659. The van der Waals surface area contributed by atoms with E-state index in [1.807, 2.05) is 31.2 Å². The van der Waals surface area contributed by atoms with Gasteiger partial charge in [-0.25, -0.2) is 4.98 Å². The van der Waals surface area contributed by atoms with Gasteiger partial charge in [0.05, 0.1) is 0 Å². The van der Waals surface area contributed by atoms with Gasteiger partial charge in [-0.1, -0.05) is 25.1 Å². The van der Waals surface area contributed by atoms with E-state index in [1.165, 1.54) is 11.1 Å². The van der Waals surface area contributed by atoms with Gasteiger partial charge < -0.3 is 20.1 Å². The average Bonchev–Trinajstić information content (AvgIpc) is 2.69. The van der Waals surface area contributed by atoms with Gasteiger partial charge in [0, 0.05) is 29.2 Å². The summed E-state index contributed by atoms with van der Waals surface area (Å²) in [4.78, 5) is 9.20. The van der Waals surface area contributed by atoms with Gasteiger partial charge in [0.25, 0.3) is 0 Å². The fraction of sp³-hybridized carbons (Fsp3) is 0.273. The molecule has 0 amide bonds. The van der Waals surface area contributed by atoms with Gasteiger partial charge in [0.2, 0.25) is 5.95 Å². The summed E-state index contributed by atoms with van der Waals surface area (Å²) >= 11 is 0. The third kappa shape index (κ3) is 3.86. The highest BCUT2D eigenvalue weighted by atomic mass is 16.6. The largest absolute Gasteiger partial charge is 0.486 e. The van der Waals surface area contributed by atoms with Crippen molar-refractivity contribution < 1.29 is 9.47 Å². The molecule has 144 valence electrons. The molecule has 4 rings (SSSR count). The first-order chi connectivity index (χ1) is 13.6. The van der Waals surface area contributed by atoms with Crippen molar-refractivity contribution in [1.29, 1.82) is 0 Å². The number of aromatic nitrogens is 2. The lowest BCUT2D eigenvalue weighted by molar-refractivity contribution is 0.171. The number of aryl methyl sites for hydroxylation is 3. The van der Waals surface area contributed by atoms with E-state index in [4.69, 9.17) is 9.47 Å². The second kappa shape index (κ2) is 7.76. The lowest BCUT2D eigenvalue weighted by Gasteiger charge is -2.19. The van der Waals surface area contributed by atoms with Gasteiger partial charge in [0.1, 0.15) is 19.0 Å². The number of nitrogens with one attached hydrogen (secondary N) is 2. The van der Waals surface area contributed by atoms with Gasteiger partial charge in [-0.05, 0) is 43.5 Å². The van der Waals surface area contributed by atoms with Gasteiger partial charge >= 0.3 is 0 Å². The number of rotatable bonds is 5. The first-order valence-electron chi connectivity index (χ1n) is 9.50. The number of hydrogen-bond acceptors (Lipinski definition) is 6. The second-order valence-electron chi connectivity index (χ2n) is 6.79. The molecule has 0 fully saturated rings. The Morgan fingerprint density at radius 3 is 2.57 bits per heavy atom. The van der Waals surface area contributed by atoms with Crippen molar-refractivity contribution in [2.75, 3.05) is 23.8 Å². The molecule has 2 heterocycles. The molecule has 1 aliphatic heterocycles. The number of benzene rings is 2. The summed E-state index contributed by atoms with van der Waals surface area (Å²) < 4.78 is 11.2. The van der Waals surface area contributed by atoms with Gasteiger partial charge in [0.15, 0.2) is 11.5 Å². The summed E-state index contributed by atoms with van der Waals surface area (Å²) in [6.07, 6.45) is 0.943. The molecule has 1 aliphatic rings. The summed E-state index contributed by atoms with van der Waals surface area (Å²) in [7, 11) is 0. The SMILES string of the molecule is CCc1cccc(C)c1Nc1nc(C)cc(Nc2ccc3c(c2)OCCO3)n1. The molecule has 0 bridgehead atoms. The smallest absolute Gasteiger partial charge is 0.229 e. The lowest BCUT2D eigenvalue weighted by Crippen LogP contribution is -2.15. The Morgan fingerprint density at radius 2 is 1.75 bits per heavy atom. The van der Waals surface area contributed by atoms with Crippen LogP contribution in [0, 0.1) is 13.8 Å². The highest BCUT2D eigenvalue weighted by Crippen LogP contribution is 2.33. The first kappa shape index (κ1) is 18.1. The zero-order valence-corrected chi connectivity index (χ0v) is 16.4. The maximum Gasteiger partial charge on any atom is 0.229 e. The van der Waals surface area contributed by atoms with Crippen molar-refractivity contribution in [3.8, 4) is 11.5 Å². The van der Waals surface area contributed by atoms with Crippen LogP contribution in [-0.2, 0) is 6.42 Å². The molecule has 0 unspecified atom stereocenters. The van der Waals surface area contributed by atoms with Crippen molar-refractivity contribution in [1.82, 2.24) is 9.97 Å². The van der Waals surface area contributed by atoms with E-state index in [0.717, 1.165) is 40.8 Å². The molecule has 6 heteroatoms. The predicted octanol–water partition coefficient (Wildman–Crippen LogP) is 4.91. The number of nitrogens with zero attached hydrogens (tertiary/aromatic N) is 2. The van der Waals surface area contributed by atoms with E-state index in [2.05, 4.69) is 52.6 Å². The Kier molecular flexibility index (Phi) is 5.02. The van der Waals surface area contributed by atoms with E-state index in [1.54, 1.807) is 0 Å². The number of hydrogen-bond donors (Lipinski definition) is 2. The van der Waals surface area contributed by atoms with Crippen molar-refractivity contribution in [3.63, 3.8) is 0 Å². The van der Waals surface area contributed by atoms with Crippen molar-refractivity contribution >= 4 is 23.1 Å². The summed E-state index contributed by atoms with van der Waals surface area (Å²) in [5, 5.41) is 6.74. The number of fused-ring (bicyclic) bond motifs is 1. The summed E-state index contributed by atoms with van der Waals surface area (Å²) in [6, 6.07) is 14.0. The van der Waals surface area contributed by atoms with Crippen LogP contribution in [0.1, 0.15) is 23.7 Å². The third-order valence-electron chi connectivity index (χ3n) is 4.65. The van der Waals surface area contributed by atoms with Crippen LogP contribution in [0.15, 0.2) is 42.5 Å². The van der Waals surface area contributed by atoms with Crippen LogP contribution in [0.4, 0.5) is 23.1 Å². The molecule has 2 aromatic carbocycles. The zero-order valence-electron chi connectivity index (χ0n) is 16.4. The molecule has 6 nitrogen and oxygen atoms in total. The molecule has 0 aliphatic carbocycles. The Morgan fingerprint density at radius 1 is 0.929 bits per heavy atom. The van der Waals surface area contributed by atoms with Gasteiger partial charge in [-0.3, -0.25) is 0 Å². The standard InChI is InChI=1S/C22H24N4O2/c1-4-16-7-5-6-14(2)21(16)26-22-23-15(3)12-20(25-22)24-17-8-9-18-19(13-17)28-11-10-27-18/h5-9,12-13H,4,10-11H2,1-3H3,(H2,23,24,25,26). The normalized spacial score (nSPS) is 12.5. The summed E-state index contributed by atoms with van der Waals surface area (Å²) in [5.41, 5.74) is 5.25. The maximum atomic E-state index is 5.66. The van der Waals surface area contributed by atoms with Gasteiger partial charge in [-0.2, -0.15) is 4.98 Å². The Bertz CT molecular complexity index is 1000. The second-order valence-corrected chi connectivity index (χ2v) is 6.79. The molecular weight excluding hydrogens is 352 g/mol. The molecule has 3 aromatic rings. The van der Waals surface area contributed by atoms with Crippen LogP contribution in [0.3, 0.4) is 0 Å². The molecule has 0 spiro atoms. The maximum absolute atomic E-state index is 5.66. The van der Waals surface area contributed by atoms with Gasteiger partial charge in [-0.15, -0.1) is 0 Å².